The minimum Gasteiger partial charge on any atom is -0.494 e. The van der Waals surface area contributed by atoms with Gasteiger partial charge in [0.1, 0.15) is 16.1 Å². The minimum atomic E-state index is 0.336. The second-order valence-corrected chi connectivity index (χ2v) is 3.13. The van der Waals surface area contributed by atoms with Crippen molar-refractivity contribution in [1.82, 2.24) is 4.98 Å². The van der Waals surface area contributed by atoms with E-state index in [0.29, 0.717) is 22.7 Å². The summed E-state index contributed by atoms with van der Waals surface area (Å²) in [7, 11) is 0. The Bertz CT molecular complexity index is 305. The van der Waals surface area contributed by atoms with Crippen LogP contribution in [-0.4, -0.2) is 11.6 Å². The number of hydrogen-bond acceptors (Lipinski definition) is 2. The molecule has 1 aromatic heterocycles. The Balaban J connectivity index is 2.94. The summed E-state index contributed by atoms with van der Waals surface area (Å²) >= 11 is 11.4. The van der Waals surface area contributed by atoms with Gasteiger partial charge in [-0.15, -0.1) is 0 Å². The first-order valence-electron chi connectivity index (χ1n) is 3.78. The Hall–Kier alpha value is -0.730. The van der Waals surface area contributed by atoms with E-state index in [0.717, 1.165) is 5.56 Å². The lowest BCUT2D eigenvalue weighted by Gasteiger charge is -2.06. The third kappa shape index (κ3) is 2.90. The highest BCUT2D eigenvalue weighted by atomic mass is 35.5. The highest BCUT2D eigenvalue weighted by Gasteiger charge is 2.03. The molecule has 0 amide bonds. The van der Waals surface area contributed by atoms with Crippen molar-refractivity contribution in [2.24, 2.45) is 0 Å². The van der Waals surface area contributed by atoms with Crippen LogP contribution in [0.5, 0.6) is 0 Å². The molecule has 0 fully saturated rings. The maximum absolute atomic E-state index is 5.70. The number of hydrogen-bond donors (Lipinski definition) is 0. The van der Waals surface area contributed by atoms with Gasteiger partial charge in [-0.1, -0.05) is 29.8 Å². The minimum absolute atomic E-state index is 0.336. The van der Waals surface area contributed by atoms with Crippen LogP contribution in [0.25, 0.3) is 5.76 Å². The van der Waals surface area contributed by atoms with Crippen LogP contribution in [0.15, 0.2) is 18.7 Å². The Morgan fingerprint density at radius 2 is 2.00 bits per heavy atom. The van der Waals surface area contributed by atoms with Crippen LogP contribution < -0.4 is 0 Å². The van der Waals surface area contributed by atoms with Crippen LogP contribution in [0.3, 0.4) is 0 Å². The third-order valence-corrected chi connectivity index (χ3v) is 1.79. The van der Waals surface area contributed by atoms with E-state index in [1.165, 1.54) is 0 Å². The highest BCUT2D eigenvalue weighted by molar-refractivity contribution is 6.32. The lowest BCUT2D eigenvalue weighted by atomic mass is 10.2. The lowest BCUT2D eigenvalue weighted by Crippen LogP contribution is -1.91. The van der Waals surface area contributed by atoms with Crippen molar-refractivity contribution in [3.8, 4) is 0 Å². The summed E-state index contributed by atoms with van der Waals surface area (Å²) in [6, 6.07) is 3.32. The Labute approximate surface area is 87.1 Å². The van der Waals surface area contributed by atoms with E-state index >= 15 is 0 Å². The molecule has 0 bridgehead atoms. The summed E-state index contributed by atoms with van der Waals surface area (Å²) < 4.78 is 5.20. The van der Waals surface area contributed by atoms with Crippen molar-refractivity contribution in [1.29, 1.82) is 0 Å². The molecule has 0 saturated heterocycles. The predicted molar refractivity (Wildman–Crippen MR) is 54.9 cm³/mol. The average Bonchev–Trinajstić information content (AvgIpc) is 2.03. The van der Waals surface area contributed by atoms with Crippen molar-refractivity contribution >= 4 is 29.0 Å². The molecule has 0 spiro atoms. The van der Waals surface area contributed by atoms with Gasteiger partial charge in [0.2, 0.25) is 0 Å². The van der Waals surface area contributed by atoms with Crippen molar-refractivity contribution in [2.45, 2.75) is 6.92 Å². The summed E-state index contributed by atoms with van der Waals surface area (Å²) in [5, 5.41) is 0.673. The van der Waals surface area contributed by atoms with Gasteiger partial charge in [-0.2, -0.15) is 0 Å². The molecule has 0 unspecified atom stereocenters. The molecular formula is C9H9Cl2NO. The molecule has 0 aliphatic carbocycles. The average molecular weight is 218 g/mol. The number of pyridine rings is 1. The topological polar surface area (TPSA) is 22.1 Å². The van der Waals surface area contributed by atoms with E-state index in [1.807, 2.05) is 6.92 Å². The first-order valence-corrected chi connectivity index (χ1v) is 4.54. The van der Waals surface area contributed by atoms with Gasteiger partial charge in [-0.05, 0) is 19.1 Å². The normalized spacial score (nSPS) is 9.77. The molecule has 13 heavy (non-hydrogen) atoms. The number of halogens is 2. The van der Waals surface area contributed by atoms with Crippen LogP contribution in [0.1, 0.15) is 12.5 Å². The second kappa shape index (κ2) is 4.49. The molecule has 0 saturated carbocycles. The monoisotopic (exact) mass is 217 g/mol. The zero-order chi connectivity index (χ0) is 9.84. The highest BCUT2D eigenvalue weighted by Crippen LogP contribution is 2.20. The van der Waals surface area contributed by atoms with Crippen molar-refractivity contribution in [3.63, 3.8) is 0 Å². The van der Waals surface area contributed by atoms with Gasteiger partial charge in [0.05, 0.1) is 6.61 Å². The summed E-state index contributed by atoms with van der Waals surface area (Å²) in [5.41, 5.74) is 0.756. The van der Waals surface area contributed by atoms with Gasteiger partial charge in [0.15, 0.2) is 0 Å². The largest absolute Gasteiger partial charge is 0.494 e. The van der Waals surface area contributed by atoms with E-state index in [9.17, 15) is 0 Å². The van der Waals surface area contributed by atoms with Gasteiger partial charge in [0.25, 0.3) is 0 Å². The first-order chi connectivity index (χ1) is 6.13. The first kappa shape index (κ1) is 10.4. The Morgan fingerprint density at radius 3 is 2.46 bits per heavy atom. The fourth-order valence-corrected chi connectivity index (χ4v) is 1.34. The number of rotatable bonds is 3. The molecule has 0 aliphatic heterocycles. The molecule has 0 N–H and O–H groups in total. The smallest absolute Gasteiger partial charge is 0.131 e. The molecule has 1 rings (SSSR count). The van der Waals surface area contributed by atoms with E-state index < -0.39 is 0 Å². The van der Waals surface area contributed by atoms with Crippen LogP contribution >= 0.6 is 23.2 Å². The van der Waals surface area contributed by atoms with Crippen LogP contribution in [0.2, 0.25) is 10.3 Å². The molecule has 70 valence electrons. The Kier molecular flexibility index (Phi) is 3.58. The van der Waals surface area contributed by atoms with Crippen molar-refractivity contribution in [3.05, 3.63) is 34.6 Å². The van der Waals surface area contributed by atoms with Gasteiger partial charge in [-0.3, -0.25) is 0 Å². The number of nitrogens with zero attached hydrogens (tertiary/aromatic N) is 1. The summed E-state index contributed by atoms with van der Waals surface area (Å²) in [4.78, 5) is 3.81. The van der Waals surface area contributed by atoms with Gasteiger partial charge in [-0.25, -0.2) is 4.98 Å². The number of ether oxygens (including phenoxy) is 1. The van der Waals surface area contributed by atoms with E-state index in [-0.39, 0.29) is 0 Å². The van der Waals surface area contributed by atoms with Crippen LogP contribution in [0, 0.1) is 0 Å². The van der Waals surface area contributed by atoms with E-state index in [2.05, 4.69) is 11.6 Å². The zero-order valence-corrected chi connectivity index (χ0v) is 8.69. The lowest BCUT2D eigenvalue weighted by molar-refractivity contribution is 0.299. The third-order valence-electron chi connectivity index (χ3n) is 1.40. The van der Waals surface area contributed by atoms with Crippen LogP contribution in [0.4, 0.5) is 0 Å². The quantitative estimate of drug-likeness (QED) is 0.573. The summed E-state index contributed by atoms with van der Waals surface area (Å²) in [6.07, 6.45) is 0. The summed E-state index contributed by atoms with van der Waals surface area (Å²) in [6.45, 7) is 6.18. The molecule has 2 nitrogen and oxygen atoms in total. The molecule has 0 aromatic carbocycles. The van der Waals surface area contributed by atoms with Gasteiger partial charge in [0, 0.05) is 5.56 Å². The fourth-order valence-electron chi connectivity index (χ4n) is 0.883. The second-order valence-electron chi connectivity index (χ2n) is 2.36. The molecule has 0 aliphatic rings. The number of aromatic nitrogens is 1. The molecule has 0 atom stereocenters. The van der Waals surface area contributed by atoms with Crippen LogP contribution in [-0.2, 0) is 4.74 Å². The van der Waals surface area contributed by atoms with Gasteiger partial charge >= 0.3 is 0 Å². The molecule has 1 heterocycles. The SMILES string of the molecule is C=C(OCC)c1cc(Cl)nc(Cl)c1. The van der Waals surface area contributed by atoms with E-state index in [4.69, 9.17) is 27.9 Å². The zero-order valence-electron chi connectivity index (χ0n) is 7.18. The maximum atomic E-state index is 5.70. The van der Waals surface area contributed by atoms with Crippen molar-refractivity contribution in [2.75, 3.05) is 6.61 Å². The molecule has 1 aromatic rings. The summed E-state index contributed by atoms with van der Waals surface area (Å²) in [5.74, 6) is 0.550. The van der Waals surface area contributed by atoms with E-state index in [1.54, 1.807) is 12.1 Å². The van der Waals surface area contributed by atoms with Gasteiger partial charge < -0.3 is 4.74 Å². The Morgan fingerprint density at radius 1 is 1.46 bits per heavy atom. The molecular weight excluding hydrogens is 209 g/mol. The molecule has 0 radical (unpaired) electrons. The standard InChI is InChI=1S/C9H9Cl2NO/c1-3-13-6(2)7-4-8(10)12-9(11)5-7/h4-5H,2-3H2,1H3. The predicted octanol–water partition coefficient (Wildman–Crippen LogP) is 3.40. The molecule has 4 heteroatoms. The maximum Gasteiger partial charge on any atom is 0.131 e. The fraction of sp³-hybridized carbons (Fsp3) is 0.222. The van der Waals surface area contributed by atoms with Crippen molar-refractivity contribution < 1.29 is 4.74 Å².